The minimum Gasteiger partial charge on any atom is -0.496 e. The Morgan fingerprint density at radius 2 is 2.20 bits per heavy atom. The van der Waals surface area contributed by atoms with Crippen LogP contribution in [0.4, 0.5) is 0 Å². The van der Waals surface area contributed by atoms with Crippen molar-refractivity contribution in [3.05, 3.63) is 42.5 Å². The third-order valence-electron chi connectivity index (χ3n) is 2.92. The van der Waals surface area contributed by atoms with Gasteiger partial charge in [-0.2, -0.15) is 0 Å². The van der Waals surface area contributed by atoms with Gasteiger partial charge in [0.1, 0.15) is 5.75 Å². The molecule has 0 fully saturated rings. The molecule has 0 aliphatic heterocycles. The van der Waals surface area contributed by atoms with Gasteiger partial charge in [-0.15, -0.1) is 6.58 Å². The highest BCUT2D eigenvalue weighted by Crippen LogP contribution is 2.18. The number of ether oxygens (including phenoxy) is 2. The molecule has 0 saturated carbocycles. The second-order valence-electron chi connectivity index (χ2n) is 4.60. The van der Waals surface area contributed by atoms with Crippen molar-refractivity contribution in [2.24, 2.45) is 0 Å². The summed E-state index contributed by atoms with van der Waals surface area (Å²) in [6.07, 6.45) is 3.16. The molecule has 0 aromatic heterocycles. The van der Waals surface area contributed by atoms with Gasteiger partial charge >= 0.3 is 0 Å². The number of nitrogens with one attached hydrogen (secondary N) is 1. The number of rotatable bonds is 11. The molecule has 0 aliphatic rings. The summed E-state index contributed by atoms with van der Waals surface area (Å²) >= 11 is 0. The monoisotopic (exact) mass is 279 g/mol. The van der Waals surface area contributed by atoms with Crippen LogP contribution in [0.1, 0.15) is 12.0 Å². The molecule has 1 atom stereocenters. The fourth-order valence-corrected chi connectivity index (χ4v) is 1.93. The molecule has 1 aromatic rings. The maximum atomic E-state index is 9.63. The predicted molar refractivity (Wildman–Crippen MR) is 81.2 cm³/mol. The van der Waals surface area contributed by atoms with Crippen LogP contribution in [-0.4, -0.2) is 44.6 Å². The molecule has 4 heteroatoms. The number of hydrogen-bond acceptors (Lipinski definition) is 4. The highest BCUT2D eigenvalue weighted by atomic mass is 16.5. The fraction of sp³-hybridized carbons (Fsp3) is 0.500. The molecule has 20 heavy (non-hydrogen) atoms. The van der Waals surface area contributed by atoms with E-state index in [1.54, 1.807) is 13.2 Å². The molecular weight excluding hydrogens is 254 g/mol. The van der Waals surface area contributed by atoms with E-state index in [1.165, 1.54) is 5.56 Å². The number of aryl methyl sites for hydroxylation is 1. The minimum absolute atomic E-state index is 0.339. The zero-order valence-corrected chi connectivity index (χ0v) is 12.2. The summed E-state index contributed by atoms with van der Waals surface area (Å²) in [4.78, 5) is 0. The molecule has 0 spiro atoms. The normalized spacial score (nSPS) is 12.1. The second kappa shape index (κ2) is 10.4. The van der Waals surface area contributed by atoms with Crippen LogP contribution < -0.4 is 10.1 Å². The van der Waals surface area contributed by atoms with Crippen molar-refractivity contribution >= 4 is 0 Å². The average molecular weight is 279 g/mol. The van der Waals surface area contributed by atoms with Crippen LogP contribution in [0.15, 0.2) is 36.9 Å². The van der Waals surface area contributed by atoms with E-state index in [9.17, 15) is 5.11 Å². The summed E-state index contributed by atoms with van der Waals surface area (Å²) in [5.74, 6) is 0.936. The molecule has 0 unspecified atom stereocenters. The second-order valence-corrected chi connectivity index (χ2v) is 4.60. The van der Waals surface area contributed by atoms with Gasteiger partial charge in [0.2, 0.25) is 0 Å². The summed E-state index contributed by atoms with van der Waals surface area (Å²) in [5, 5.41) is 12.9. The molecule has 112 valence electrons. The summed E-state index contributed by atoms with van der Waals surface area (Å²) < 4.78 is 10.5. The molecule has 1 rings (SSSR count). The largest absolute Gasteiger partial charge is 0.496 e. The van der Waals surface area contributed by atoms with Gasteiger partial charge in [0, 0.05) is 6.54 Å². The van der Waals surface area contributed by atoms with E-state index in [4.69, 9.17) is 9.47 Å². The Morgan fingerprint density at radius 3 is 2.95 bits per heavy atom. The van der Waals surface area contributed by atoms with Crippen LogP contribution in [0, 0.1) is 0 Å². The topological polar surface area (TPSA) is 50.7 Å². The molecule has 0 bridgehead atoms. The highest BCUT2D eigenvalue weighted by molar-refractivity contribution is 5.33. The number of aliphatic hydroxyl groups excluding tert-OH is 1. The van der Waals surface area contributed by atoms with E-state index in [2.05, 4.69) is 18.0 Å². The Labute approximate surface area is 121 Å². The van der Waals surface area contributed by atoms with E-state index < -0.39 is 6.10 Å². The number of para-hydroxylation sites is 1. The Hall–Kier alpha value is -1.36. The molecule has 0 aliphatic carbocycles. The summed E-state index contributed by atoms with van der Waals surface area (Å²) in [7, 11) is 1.69. The molecule has 0 amide bonds. The Bertz CT molecular complexity index is 382. The number of benzene rings is 1. The van der Waals surface area contributed by atoms with E-state index >= 15 is 0 Å². The van der Waals surface area contributed by atoms with Crippen molar-refractivity contribution in [1.29, 1.82) is 0 Å². The number of hydrogen-bond donors (Lipinski definition) is 2. The van der Waals surface area contributed by atoms with Crippen LogP contribution in [-0.2, 0) is 11.2 Å². The lowest BCUT2D eigenvalue weighted by atomic mass is 10.1. The van der Waals surface area contributed by atoms with Gasteiger partial charge in [0.05, 0.1) is 26.4 Å². The molecule has 2 N–H and O–H groups in total. The van der Waals surface area contributed by atoms with Gasteiger partial charge in [-0.05, 0) is 31.0 Å². The van der Waals surface area contributed by atoms with Crippen molar-refractivity contribution in [2.75, 3.05) is 33.4 Å². The Morgan fingerprint density at radius 1 is 1.40 bits per heavy atom. The first-order chi connectivity index (χ1) is 9.77. The summed E-state index contributed by atoms with van der Waals surface area (Å²) in [6.45, 7) is 5.77. The first-order valence-corrected chi connectivity index (χ1v) is 6.97. The van der Waals surface area contributed by atoms with Gasteiger partial charge in [-0.1, -0.05) is 24.3 Å². The van der Waals surface area contributed by atoms with Crippen molar-refractivity contribution in [2.45, 2.75) is 18.9 Å². The molecule has 1 aromatic carbocycles. The number of methoxy groups -OCH3 is 1. The number of aliphatic hydroxyl groups is 1. The summed E-state index contributed by atoms with van der Waals surface area (Å²) in [5.41, 5.74) is 1.21. The van der Waals surface area contributed by atoms with Gasteiger partial charge in [0.25, 0.3) is 0 Å². The van der Waals surface area contributed by atoms with Crippen molar-refractivity contribution in [3.63, 3.8) is 0 Å². The third-order valence-corrected chi connectivity index (χ3v) is 2.92. The van der Waals surface area contributed by atoms with Crippen LogP contribution in [0.25, 0.3) is 0 Å². The zero-order chi connectivity index (χ0) is 14.6. The van der Waals surface area contributed by atoms with E-state index in [0.717, 1.165) is 25.1 Å². The quantitative estimate of drug-likeness (QED) is 0.479. The third kappa shape index (κ3) is 6.70. The van der Waals surface area contributed by atoms with Crippen LogP contribution >= 0.6 is 0 Å². The molecular formula is C16H25NO3. The molecule has 4 nitrogen and oxygen atoms in total. The predicted octanol–water partition coefficient (Wildman–Crippen LogP) is 1.78. The van der Waals surface area contributed by atoms with Gasteiger partial charge < -0.3 is 19.9 Å². The maximum absolute atomic E-state index is 9.63. The Kier molecular flexibility index (Phi) is 8.71. The molecule has 0 radical (unpaired) electrons. The lowest BCUT2D eigenvalue weighted by Gasteiger charge is -2.12. The van der Waals surface area contributed by atoms with E-state index in [1.807, 2.05) is 18.2 Å². The first kappa shape index (κ1) is 16.7. The summed E-state index contributed by atoms with van der Waals surface area (Å²) in [6, 6.07) is 8.05. The standard InChI is InChI=1S/C16H25NO3/c1-3-11-20-13-15(18)12-17-10-6-8-14-7-4-5-9-16(14)19-2/h3-5,7,9,15,17-18H,1,6,8,10-13H2,2H3/t15-/m1/s1. The highest BCUT2D eigenvalue weighted by Gasteiger charge is 2.04. The van der Waals surface area contributed by atoms with E-state index in [0.29, 0.717) is 19.8 Å². The maximum Gasteiger partial charge on any atom is 0.122 e. The SMILES string of the molecule is C=CCOC[C@H](O)CNCCCc1ccccc1OC. The fourth-order valence-electron chi connectivity index (χ4n) is 1.93. The van der Waals surface area contributed by atoms with Gasteiger partial charge in [-0.25, -0.2) is 0 Å². The molecule has 0 heterocycles. The van der Waals surface area contributed by atoms with Gasteiger partial charge in [-0.3, -0.25) is 0 Å². The lowest BCUT2D eigenvalue weighted by Crippen LogP contribution is -2.31. The first-order valence-electron chi connectivity index (χ1n) is 6.97. The lowest BCUT2D eigenvalue weighted by molar-refractivity contribution is 0.0496. The van der Waals surface area contributed by atoms with Crippen molar-refractivity contribution in [1.82, 2.24) is 5.32 Å². The smallest absolute Gasteiger partial charge is 0.122 e. The molecule has 0 saturated heterocycles. The van der Waals surface area contributed by atoms with Crippen LogP contribution in [0.2, 0.25) is 0 Å². The van der Waals surface area contributed by atoms with E-state index in [-0.39, 0.29) is 0 Å². The van der Waals surface area contributed by atoms with Gasteiger partial charge in [0.15, 0.2) is 0 Å². The van der Waals surface area contributed by atoms with Crippen LogP contribution in [0.5, 0.6) is 5.75 Å². The van der Waals surface area contributed by atoms with Crippen LogP contribution in [0.3, 0.4) is 0 Å². The van der Waals surface area contributed by atoms with Crippen molar-refractivity contribution < 1.29 is 14.6 Å². The minimum atomic E-state index is -0.471. The van der Waals surface area contributed by atoms with Crippen molar-refractivity contribution in [3.8, 4) is 5.75 Å². The average Bonchev–Trinajstić information content (AvgIpc) is 2.47. The zero-order valence-electron chi connectivity index (χ0n) is 12.2. The Balaban J connectivity index is 2.11.